The van der Waals surface area contributed by atoms with Crippen molar-refractivity contribution >= 4 is 42.4 Å². The van der Waals surface area contributed by atoms with E-state index in [-0.39, 0.29) is 0 Å². The molecule has 3 rings (SSSR count). The number of thiazole rings is 1. The average molecular weight is 432 g/mol. The minimum atomic E-state index is -1.98. The predicted molar refractivity (Wildman–Crippen MR) is 118 cm³/mol. The third-order valence-electron chi connectivity index (χ3n) is 4.28. The number of rotatable bonds is 7. The Morgan fingerprint density at radius 2 is 2.07 bits per heavy atom. The number of fused-ring (bicyclic) bond motifs is 1. The summed E-state index contributed by atoms with van der Waals surface area (Å²) in [7, 11) is -0.463. The number of benzene rings is 1. The van der Waals surface area contributed by atoms with E-state index in [0.717, 1.165) is 27.4 Å². The van der Waals surface area contributed by atoms with E-state index < -0.39 is 20.5 Å². The van der Waals surface area contributed by atoms with E-state index in [0.29, 0.717) is 11.9 Å². The second-order valence-corrected chi connectivity index (χ2v) is 12.9. The molecule has 0 radical (unpaired) electrons. The van der Waals surface area contributed by atoms with Crippen molar-refractivity contribution in [3.8, 4) is 0 Å². The van der Waals surface area contributed by atoms with Crippen LogP contribution < -0.4 is 0 Å². The van der Waals surface area contributed by atoms with E-state index in [4.69, 9.17) is 14.2 Å². The third-order valence-corrected chi connectivity index (χ3v) is 6.11. The van der Waals surface area contributed by atoms with Gasteiger partial charge in [0.15, 0.2) is 8.32 Å². The maximum atomic E-state index is 11.8. The summed E-state index contributed by atoms with van der Waals surface area (Å²) in [5, 5.41) is 17.2. The SMILES string of the molecule is CCC(=NOC)c1csc(C(O[Si](C)(C)C)c2cn(C(=O)O)c3ccccc23)n1. The molecule has 0 saturated heterocycles. The van der Waals surface area contributed by atoms with E-state index >= 15 is 0 Å². The molecule has 1 atom stereocenters. The highest BCUT2D eigenvalue weighted by atomic mass is 32.1. The number of para-hydroxylation sites is 1. The third kappa shape index (κ3) is 4.57. The Labute approximate surface area is 174 Å². The van der Waals surface area contributed by atoms with Crippen LogP contribution in [0.5, 0.6) is 0 Å². The van der Waals surface area contributed by atoms with Gasteiger partial charge in [-0.05, 0) is 32.1 Å². The standard InChI is InChI=1S/C20H25N3O4SSi/c1-6-15(22-26-2)16-12-28-19(21-16)18(27-29(3,4)5)14-11-23(20(24)25)17-10-8-7-9-13(14)17/h7-12,18H,6H2,1-5H3,(H,24,25). The number of carbonyl (C=O) groups is 1. The molecule has 1 N–H and O–H groups in total. The van der Waals surface area contributed by atoms with Crippen molar-refractivity contribution in [3.63, 3.8) is 0 Å². The van der Waals surface area contributed by atoms with Gasteiger partial charge in [-0.3, -0.25) is 4.57 Å². The maximum Gasteiger partial charge on any atom is 0.416 e. The molecule has 7 nitrogen and oxygen atoms in total. The van der Waals surface area contributed by atoms with E-state index in [9.17, 15) is 9.90 Å². The van der Waals surface area contributed by atoms with Crippen molar-refractivity contribution in [2.45, 2.75) is 39.1 Å². The molecule has 1 aromatic carbocycles. The van der Waals surface area contributed by atoms with Crippen molar-refractivity contribution in [2.24, 2.45) is 5.16 Å². The fourth-order valence-electron chi connectivity index (χ4n) is 3.12. The molecular weight excluding hydrogens is 406 g/mol. The molecule has 0 aliphatic carbocycles. The van der Waals surface area contributed by atoms with Gasteiger partial charge >= 0.3 is 6.09 Å². The molecule has 2 heterocycles. The fraction of sp³-hybridized carbons (Fsp3) is 0.350. The molecule has 0 fully saturated rings. The summed E-state index contributed by atoms with van der Waals surface area (Å²) in [5.41, 5.74) is 2.94. The molecule has 1 unspecified atom stereocenters. The lowest BCUT2D eigenvalue weighted by molar-refractivity contribution is 0.197. The van der Waals surface area contributed by atoms with Crippen LogP contribution >= 0.6 is 11.3 Å². The lowest BCUT2D eigenvalue weighted by Gasteiger charge is -2.25. The predicted octanol–water partition coefficient (Wildman–Crippen LogP) is 5.33. The first-order valence-corrected chi connectivity index (χ1v) is 13.6. The van der Waals surface area contributed by atoms with Gasteiger partial charge in [-0.1, -0.05) is 30.3 Å². The smallest absolute Gasteiger partial charge is 0.416 e. The number of nitrogens with zero attached hydrogens (tertiary/aromatic N) is 3. The van der Waals surface area contributed by atoms with Gasteiger partial charge in [0.05, 0.1) is 11.2 Å². The summed E-state index contributed by atoms with van der Waals surface area (Å²) in [4.78, 5) is 21.5. The zero-order chi connectivity index (χ0) is 21.2. The molecule has 0 saturated carbocycles. The second kappa shape index (κ2) is 8.48. The Morgan fingerprint density at radius 1 is 1.34 bits per heavy atom. The van der Waals surface area contributed by atoms with Crippen molar-refractivity contribution in [3.05, 3.63) is 52.1 Å². The summed E-state index contributed by atoms with van der Waals surface area (Å²) in [6.45, 7) is 8.31. The Hall–Kier alpha value is -2.49. The molecule has 3 aromatic rings. The van der Waals surface area contributed by atoms with Crippen LogP contribution in [-0.2, 0) is 9.26 Å². The Kier molecular flexibility index (Phi) is 6.20. The highest BCUT2D eigenvalue weighted by Crippen LogP contribution is 2.36. The molecule has 0 aliphatic heterocycles. The van der Waals surface area contributed by atoms with E-state index in [1.165, 1.54) is 23.0 Å². The van der Waals surface area contributed by atoms with Gasteiger partial charge in [0.1, 0.15) is 23.9 Å². The van der Waals surface area contributed by atoms with Crippen molar-refractivity contribution < 1.29 is 19.2 Å². The van der Waals surface area contributed by atoms with Crippen LogP contribution in [0.4, 0.5) is 4.79 Å². The van der Waals surface area contributed by atoms with Gasteiger partial charge in [-0.2, -0.15) is 0 Å². The summed E-state index contributed by atoms with van der Waals surface area (Å²) in [5.74, 6) is 0. The zero-order valence-corrected chi connectivity index (χ0v) is 19.0. The minimum absolute atomic E-state index is 0.452. The topological polar surface area (TPSA) is 85.9 Å². The van der Waals surface area contributed by atoms with Gasteiger partial charge < -0.3 is 14.4 Å². The monoisotopic (exact) mass is 431 g/mol. The number of oxime groups is 1. The van der Waals surface area contributed by atoms with E-state index in [2.05, 4.69) is 24.8 Å². The number of aromatic nitrogens is 2. The van der Waals surface area contributed by atoms with Crippen molar-refractivity contribution in [2.75, 3.05) is 7.11 Å². The molecule has 0 bridgehead atoms. The Bertz CT molecular complexity index is 1050. The number of hydrogen-bond acceptors (Lipinski definition) is 6. The van der Waals surface area contributed by atoms with Gasteiger partial charge in [0.25, 0.3) is 0 Å². The van der Waals surface area contributed by atoms with Gasteiger partial charge in [0, 0.05) is 22.5 Å². The molecule has 0 spiro atoms. The van der Waals surface area contributed by atoms with E-state index in [1.54, 1.807) is 12.3 Å². The average Bonchev–Trinajstić information content (AvgIpc) is 3.29. The summed E-state index contributed by atoms with van der Waals surface area (Å²) < 4.78 is 7.75. The molecular formula is C20H25N3O4SSi. The first-order valence-electron chi connectivity index (χ1n) is 9.32. The Morgan fingerprint density at radius 3 is 2.69 bits per heavy atom. The first kappa shape index (κ1) is 21.2. The molecule has 0 amide bonds. The van der Waals surface area contributed by atoms with Crippen molar-refractivity contribution in [1.82, 2.24) is 9.55 Å². The van der Waals surface area contributed by atoms with Crippen LogP contribution in [0.2, 0.25) is 19.6 Å². The molecule has 29 heavy (non-hydrogen) atoms. The number of hydrogen-bond donors (Lipinski definition) is 1. The highest BCUT2D eigenvalue weighted by molar-refractivity contribution is 7.10. The highest BCUT2D eigenvalue weighted by Gasteiger charge is 2.30. The summed E-state index contributed by atoms with van der Waals surface area (Å²) in [6.07, 6.45) is 0.851. The first-order chi connectivity index (χ1) is 13.7. The van der Waals surface area contributed by atoms with E-state index in [1.807, 2.05) is 30.5 Å². The quantitative estimate of drug-likeness (QED) is 0.311. The maximum absolute atomic E-state index is 11.8. The van der Waals surface area contributed by atoms with Gasteiger partial charge in [-0.25, -0.2) is 9.78 Å². The van der Waals surface area contributed by atoms with Crippen LogP contribution in [0.3, 0.4) is 0 Å². The molecule has 2 aromatic heterocycles. The molecule has 9 heteroatoms. The van der Waals surface area contributed by atoms with Crippen LogP contribution in [0.15, 0.2) is 41.0 Å². The van der Waals surface area contributed by atoms with Crippen LogP contribution in [0, 0.1) is 0 Å². The normalized spacial score (nSPS) is 13.6. The summed E-state index contributed by atoms with van der Waals surface area (Å²) in [6, 6.07) is 7.45. The van der Waals surface area contributed by atoms with Crippen LogP contribution in [0.1, 0.15) is 35.7 Å². The van der Waals surface area contributed by atoms with Crippen LogP contribution in [-0.4, -0.2) is 41.9 Å². The minimum Gasteiger partial charge on any atom is -0.464 e. The second-order valence-electron chi connectivity index (χ2n) is 7.51. The Balaban J connectivity index is 2.16. The fourth-order valence-corrected chi connectivity index (χ4v) is 5.02. The largest absolute Gasteiger partial charge is 0.464 e. The van der Waals surface area contributed by atoms with Gasteiger partial charge in [0.2, 0.25) is 0 Å². The number of carboxylic acid groups (broad SMARTS) is 1. The lowest BCUT2D eigenvalue weighted by atomic mass is 10.1. The molecule has 0 aliphatic rings. The lowest BCUT2D eigenvalue weighted by Crippen LogP contribution is -2.28. The summed E-state index contributed by atoms with van der Waals surface area (Å²) >= 11 is 1.48. The zero-order valence-electron chi connectivity index (χ0n) is 17.2. The van der Waals surface area contributed by atoms with Gasteiger partial charge in [-0.15, -0.1) is 11.3 Å². The van der Waals surface area contributed by atoms with Crippen LogP contribution in [0.25, 0.3) is 10.9 Å². The molecule has 154 valence electrons. The van der Waals surface area contributed by atoms with Crippen molar-refractivity contribution in [1.29, 1.82) is 0 Å².